The van der Waals surface area contributed by atoms with Crippen molar-refractivity contribution in [1.82, 2.24) is 5.32 Å². The van der Waals surface area contributed by atoms with E-state index in [-0.39, 0.29) is 17.7 Å². The van der Waals surface area contributed by atoms with E-state index in [1.807, 2.05) is 39.0 Å². The highest BCUT2D eigenvalue weighted by molar-refractivity contribution is 6.40. The predicted molar refractivity (Wildman–Crippen MR) is 96.1 cm³/mol. The largest absolute Gasteiger partial charge is 0.455 e. The molecular weight excluding hydrogens is 320 g/mol. The summed E-state index contributed by atoms with van der Waals surface area (Å²) in [5, 5.41) is 2.73. The molecule has 0 bridgehead atoms. The molecule has 1 atom stereocenters. The van der Waals surface area contributed by atoms with Crippen molar-refractivity contribution in [3.8, 4) is 0 Å². The molecule has 0 saturated heterocycles. The van der Waals surface area contributed by atoms with E-state index in [0.717, 1.165) is 5.56 Å². The highest BCUT2D eigenvalue weighted by Crippen LogP contribution is 2.34. The van der Waals surface area contributed by atoms with Crippen LogP contribution in [-0.2, 0) is 14.3 Å². The number of hydrogen-bond acceptors (Lipinski definition) is 5. The Hall–Kier alpha value is -2.37. The number of fused-ring (bicyclic) bond motifs is 1. The van der Waals surface area contributed by atoms with Crippen molar-refractivity contribution in [1.29, 1.82) is 0 Å². The first-order chi connectivity index (χ1) is 11.5. The minimum atomic E-state index is -0.682. The first-order valence-electron chi connectivity index (χ1n) is 8.30. The van der Waals surface area contributed by atoms with E-state index in [1.54, 1.807) is 26.8 Å². The van der Waals surface area contributed by atoms with Crippen molar-refractivity contribution in [3.05, 3.63) is 29.8 Å². The molecule has 0 saturated carbocycles. The Labute approximate surface area is 148 Å². The smallest absolute Gasteiger partial charge is 0.407 e. The quantitative estimate of drug-likeness (QED) is 0.841. The summed E-state index contributed by atoms with van der Waals surface area (Å²) in [7, 11) is 0. The van der Waals surface area contributed by atoms with Gasteiger partial charge in [-0.05, 0) is 32.3 Å². The second-order valence-corrected chi connectivity index (χ2v) is 8.27. The number of esters is 1. The number of para-hydroxylation sites is 1. The van der Waals surface area contributed by atoms with Crippen LogP contribution in [0, 0.1) is 5.41 Å². The first-order valence-corrected chi connectivity index (χ1v) is 8.30. The maximum Gasteiger partial charge on any atom is 0.407 e. The van der Waals surface area contributed by atoms with Crippen LogP contribution < -0.4 is 5.32 Å². The fourth-order valence-corrected chi connectivity index (χ4v) is 2.26. The molecule has 0 radical (unpaired) electrons. The number of ether oxygens (including phenoxy) is 2. The van der Waals surface area contributed by atoms with Gasteiger partial charge in [0.2, 0.25) is 0 Å². The number of carbonyl (C=O) groups excluding carboxylic acids is 2. The molecule has 1 aliphatic heterocycles. The van der Waals surface area contributed by atoms with E-state index in [0.29, 0.717) is 5.69 Å². The lowest BCUT2D eigenvalue weighted by molar-refractivity contribution is -0.146. The molecule has 0 spiro atoms. The van der Waals surface area contributed by atoms with E-state index in [1.165, 1.54) is 0 Å². The van der Waals surface area contributed by atoms with Crippen LogP contribution in [0.1, 0.15) is 53.1 Å². The summed E-state index contributed by atoms with van der Waals surface area (Å²) in [4.78, 5) is 29.0. The molecule has 6 heteroatoms. The van der Waals surface area contributed by atoms with Gasteiger partial charge in [-0.3, -0.25) is 0 Å². The number of hydrogen-bond donors (Lipinski definition) is 1. The SMILES string of the molecule is CC(C)(C)COC(=O)NC1C(C(=O)OC(C)(C)C)=Nc2ccccc21. The monoisotopic (exact) mass is 346 g/mol. The standard InChI is InChI=1S/C19H26N2O4/c1-18(2,3)11-24-17(23)21-14-12-9-7-8-10-13(12)20-15(14)16(22)25-19(4,5)6/h7-10,14H,11H2,1-6H3,(H,21,23). The number of aliphatic imine (C=N–C) groups is 1. The van der Waals surface area contributed by atoms with E-state index in [2.05, 4.69) is 10.3 Å². The third kappa shape index (κ3) is 5.31. The predicted octanol–water partition coefficient (Wildman–Crippen LogP) is 3.93. The molecule has 0 aromatic heterocycles. The third-order valence-corrected chi connectivity index (χ3v) is 3.27. The van der Waals surface area contributed by atoms with E-state index in [4.69, 9.17) is 9.47 Å². The average Bonchev–Trinajstić information content (AvgIpc) is 2.82. The van der Waals surface area contributed by atoms with Crippen LogP contribution in [0.25, 0.3) is 0 Å². The van der Waals surface area contributed by atoms with Gasteiger partial charge in [0.25, 0.3) is 0 Å². The Bertz CT molecular complexity index is 696. The minimum Gasteiger partial charge on any atom is -0.455 e. The van der Waals surface area contributed by atoms with Crippen LogP contribution in [-0.4, -0.2) is 30.0 Å². The van der Waals surface area contributed by atoms with Crippen LogP contribution in [0.5, 0.6) is 0 Å². The van der Waals surface area contributed by atoms with Crippen molar-refractivity contribution in [2.45, 2.75) is 53.2 Å². The van der Waals surface area contributed by atoms with Gasteiger partial charge in [0.15, 0.2) is 5.71 Å². The van der Waals surface area contributed by atoms with Crippen molar-refractivity contribution in [3.63, 3.8) is 0 Å². The molecule has 1 N–H and O–H groups in total. The molecule has 0 aliphatic carbocycles. The summed E-state index contributed by atoms with van der Waals surface area (Å²) >= 11 is 0. The molecule has 6 nitrogen and oxygen atoms in total. The summed E-state index contributed by atoms with van der Waals surface area (Å²) < 4.78 is 10.7. The Morgan fingerprint density at radius 2 is 1.76 bits per heavy atom. The third-order valence-electron chi connectivity index (χ3n) is 3.27. The molecule has 2 rings (SSSR count). The summed E-state index contributed by atoms with van der Waals surface area (Å²) in [6.07, 6.45) is -0.590. The lowest BCUT2D eigenvalue weighted by Gasteiger charge is -2.23. The van der Waals surface area contributed by atoms with Crippen molar-refractivity contribution in [2.24, 2.45) is 10.4 Å². The summed E-state index contributed by atoms with van der Waals surface area (Å²) in [6.45, 7) is 11.5. The molecule has 136 valence electrons. The number of alkyl carbamates (subject to hydrolysis) is 1. The van der Waals surface area contributed by atoms with Gasteiger partial charge in [-0.15, -0.1) is 0 Å². The lowest BCUT2D eigenvalue weighted by atomic mass is 9.99. The molecule has 1 amide bonds. The van der Waals surface area contributed by atoms with Gasteiger partial charge in [0, 0.05) is 5.56 Å². The number of nitrogens with one attached hydrogen (secondary N) is 1. The molecular formula is C19H26N2O4. The van der Waals surface area contributed by atoms with Crippen LogP contribution >= 0.6 is 0 Å². The zero-order chi connectivity index (χ0) is 18.8. The van der Waals surface area contributed by atoms with Crippen molar-refractivity contribution < 1.29 is 19.1 Å². The summed E-state index contributed by atoms with van der Waals surface area (Å²) in [5.74, 6) is -0.551. The Morgan fingerprint density at radius 3 is 2.36 bits per heavy atom. The molecule has 0 fully saturated rings. The highest BCUT2D eigenvalue weighted by atomic mass is 16.6. The molecule has 1 heterocycles. The summed E-state index contributed by atoms with van der Waals surface area (Å²) in [5.41, 5.74) is 0.753. The Morgan fingerprint density at radius 1 is 1.12 bits per heavy atom. The van der Waals surface area contributed by atoms with Gasteiger partial charge in [0.05, 0.1) is 12.3 Å². The highest BCUT2D eigenvalue weighted by Gasteiger charge is 2.36. The molecule has 25 heavy (non-hydrogen) atoms. The van der Waals surface area contributed by atoms with E-state index >= 15 is 0 Å². The van der Waals surface area contributed by atoms with Crippen LogP contribution in [0.4, 0.5) is 10.5 Å². The van der Waals surface area contributed by atoms with E-state index < -0.39 is 23.7 Å². The molecule has 1 unspecified atom stereocenters. The van der Waals surface area contributed by atoms with Crippen molar-refractivity contribution >= 4 is 23.5 Å². The number of rotatable bonds is 3. The van der Waals surface area contributed by atoms with Gasteiger partial charge < -0.3 is 14.8 Å². The lowest BCUT2D eigenvalue weighted by Crippen LogP contribution is -2.39. The van der Waals surface area contributed by atoms with Crippen LogP contribution in [0.3, 0.4) is 0 Å². The second kappa shape index (κ2) is 6.86. The zero-order valence-electron chi connectivity index (χ0n) is 15.7. The summed E-state index contributed by atoms with van der Waals surface area (Å²) in [6, 6.07) is 6.60. The fourth-order valence-electron chi connectivity index (χ4n) is 2.26. The van der Waals surface area contributed by atoms with Gasteiger partial charge in [0.1, 0.15) is 11.6 Å². The normalized spacial score (nSPS) is 16.7. The Balaban J connectivity index is 2.18. The molecule has 1 aliphatic rings. The number of carbonyl (C=O) groups is 2. The van der Waals surface area contributed by atoms with Crippen LogP contribution in [0.2, 0.25) is 0 Å². The fraction of sp³-hybridized carbons (Fsp3) is 0.526. The Kier molecular flexibility index (Phi) is 5.20. The topological polar surface area (TPSA) is 77.0 Å². The maximum absolute atomic E-state index is 12.5. The minimum absolute atomic E-state index is 0.146. The molecule has 1 aromatic rings. The number of benzene rings is 1. The van der Waals surface area contributed by atoms with Gasteiger partial charge in [-0.2, -0.15) is 0 Å². The average molecular weight is 346 g/mol. The van der Waals surface area contributed by atoms with Gasteiger partial charge in [-0.25, -0.2) is 14.6 Å². The first kappa shape index (κ1) is 19.0. The van der Waals surface area contributed by atoms with E-state index in [9.17, 15) is 9.59 Å². The van der Waals surface area contributed by atoms with Gasteiger partial charge >= 0.3 is 12.1 Å². The zero-order valence-corrected chi connectivity index (χ0v) is 15.7. The second-order valence-electron chi connectivity index (χ2n) is 8.27. The van der Waals surface area contributed by atoms with Crippen LogP contribution in [0.15, 0.2) is 29.3 Å². The maximum atomic E-state index is 12.5. The van der Waals surface area contributed by atoms with Gasteiger partial charge in [-0.1, -0.05) is 39.0 Å². The molecule has 1 aromatic carbocycles. The number of nitrogens with zero attached hydrogens (tertiary/aromatic N) is 1. The van der Waals surface area contributed by atoms with Crippen molar-refractivity contribution in [2.75, 3.05) is 6.61 Å². The number of amides is 1.